The van der Waals surface area contributed by atoms with Crippen molar-refractivity contribution in [2.75, 3.05) is 0 Å². The molecule has 190 valence electrons. The van der Waals surface area contributed by atoms with Gasteiger partial charge in [-0.05, 0) is 59.6 Å². The lowest BCUT2D eigenvalue weighted by atomic mass is 9.98. The SMILES string of the molecule is Cc1noc(C)c1CN1C(=O)C2=CC(S(=O)(=O)NC3(C)CC3)C=CC2=[N+](Cc2c(C)noc2C)C1=O. The lowest BCUT2D eigenvalue weighted by Crippen LogP contribution is -2.51. The van der Waals surface area contributed by atoms with Crippen LogP contribution in [0, 0.1) is 27.7 Å². The monoisotopic (exact) mass is 514 g/mol. The van der Waals surface area contributed by atoms with Crippen LogP contribution in [0.4, 0.5) is 4.79 Å². The molecule has 0 bridgehead atoms. The molecule has 11 nitrogen and oxygen atoms in total. The van der Waals surface area contributed by atoms with Crippen molar-refractivity contribution in [1.29, 1.82) is 0 Å². The Hall–Kier alpha value is -3.38. The van der Waals surface area contributed by atoms with Crippen molar-refractivity contribution in [3.8, 4) is 0 Å². The number of nitrogens with one attached hydrogen (secondary N) is 1. The first-order valence-corrected chi connectivity index (χ1v) is 13.2. The summed E-state index contributed by atoms with van der Waals surface area (Å²) in [7, 11) is -3.78. The van der Waals surface area contributed by atoms with E-state index in [1.807, 2.05) is 6.92 Å². The van der Waals surface area contributed by atoms with Crippen molar-refractivity contribution in [3.05, 3.63) is 57.8 Å². The molecule has 1 saturated carbocycles. The number of urea groups is 1. The molecule has 12 heteroatoms. The molecular weight excluding hydrogens is 486 g/mol. The van der Waals surface area contributed by atoms with Crippen molar-refractivity contribution in [1.82, 2.24) is 19.9 Å². The van der Waals surface area contributed by atoms with Gasteiger partial charge in [0.15, 0.2) is 0 Å². The quantitative estimate of drug-likeness (QED) is 0.556. The van der Waals surface area contributed by atoms with E-state index in [4.69, 9.17) is 9.05 Å². The average Bonchev–Trinajstić information content (AvgIpc) is 3.34. The minimum atomic E-state index is -3.78. The molecule has 1 aliphatic heterocycles. The summed E-state index contributed by atoms with van der Waals surface area (Å²) in [5.74, 6) is 0.481. The molecule has 3 heterocycles. The fraction of sp³-hybridized carbons (Fsp3) is 0.458. The Morgan fingerprint density at radius 3 is 2.25 bits per heavy atom. The third-order valence-electron chi connectivity index (χ3n) is 7.02. The van der Waals surface area contributed by atoms with E-state index >= 15 is 0 Å². The molecule has 2 aliphatic carbocycles. The molecule has 3 aliphatic rings. The summed E-state index contributed by atoms with van der Waals surface area (Å²) in [6, 6.07) is -0.540. The van der Waals surface area contributed by atoms with Gasteiger partial charge in [-0.2, -0.15) is 14.3 Å². The third-order valence-corrected chi connectivity index (χ3v) is 8.81. The highest BCUT2D eigenvalue weighted by Crippen LogP contribution is 2.36. The minimum absolute atomic E-state index is 0.0565. The van der Waals surface area contributed by atoms with E-state index in [-0.39, 0.29) is 18.7 Å². The maximum atomic E-state index is 13.7. The number of rotatable bonds is 7. The topological polar surface area (TPSA) is 139 Å². The van der Waals surface area contributed by atoms with Crippen molar-refractivity contribution < 1.29 is 31.6 Å². The van der Waals surface area contributed by atoms with Crippen LogP contribution < -0.4 is 4.72 Å². The lowest BCUT2D eigenvalue weighted by molar-refractivity contribution is -0.453. The van der Waals surface area contributed by atoms with Gasteiger partial charge in [-0.1, -0.05) is 16.4 Å². The van der Waals surface area contributed by atoms with Crippen LogP contribution >= 0.6 is 0 Å². The first-order chi connectivity index (χ1) is 16.9. The number of aryl methyl sites for hydroxylation is 4. The molecule has 1 fully saturated rings. The van der Waals surface area contributed by atoms with Crippen LogP contribution in [0.3, 0.4) is 0 Å². The van der Waals surface area contributed by atoms with Crippen LogP contribution in [0.5, 0.6) is 0 Å². The molecule has 5 rings (SSSR count). The first kappa shape index (κ1) is 24.3. The van der Waals surface area contributed by atoms with E-state index in [0.29, 0.717) is 39.7 Å². The maximum Gasteiger partial charge on any atom is 0.502 e. The molecule has 0 radical (unpaired) electrons. The Balaban J connectivity index is 1.59. The Morgan fingerprint density at radius 2 is 1.69 bits per heavy atom. The number of amides is 3. The molecule has 0 saturated heterocycles. The number of sulfonamides is 1. The zero-order valence-electron chi connectivity index (χ0n) is 20.8. The molecule has 1 atom stereocenters. The highest BCUT2D eigenvalue weighted by Gasteiger charge is 2.48. The number of fused-ring (bicyclic) bond motifs is 1. The van der Waals surface area contributed by atoms with Gasteiger partial charge in [-0.3, -0.25) is 0 Å². The minimum Gasteiger partial charge on any atom is -0.361 e. The molecule has 2 aromatic rings. The van der Waals surface area contributed by atoms with Gasteiger partial charge in [0.25, 0.3) is 0 Å². The summed E-state index contributed by atoms with van der Waals surface area (Å²) in [5.41, 5.74) is 2.57. The molecular formula is C24H28N5O6S+. The van der Waals surface area contributed by atoms with Crippen LogP contribution in [-0.2, 0) is 27.9 Å². The summed E-state index contributed by atoms with van der Waals surface area (Å²) >= 11 is 0. The zero-order valence-corrected chi connectivity index (χ0v) is 21.6. The van der Waals surface area contributed by atoms with Crippen molar-refractivity contribution >= 4 is 27.7 Å². The molecule has 1 unspecified atom stereocenters. The maximum absolute atomic E-state index is 13.7. The van der Waals surface area contributed by atoms with Crippen molar-refractivity contribution in [3.63, 3.8) is 0 Å². The standard InChI is InChI=1S/C24H28N5O6S/c1-13-19(15(3)34-25-13)11-28-21-7-6-17(36(32,33)27-24(5)8-9-24)10-18(21)22(30)29(23(28)31)12-20-14(2)26-35-16(20)4/h6-7,10,17,27H,8-9,11-12H2,1-5H3/q+1. The van der Waals surface area contributed by atoms with E-state index in [1.165, 1.54) is 22.8 Å². The van der Waals surface area contributed by atoms with Crippen molar-refractivity contribution in [2.45, 2.75) is 71.3 Å². The second-order valence-electron chi connectivity index (χ2n) is 9.86. The summed E-state index contributed by atoms with van der Waals surface area (Å²) < 4.78 is 40.8. The largest absolute Gasteiger partial charge is 0.502 e. The predicted octanol–water partition coefficient (Wildman–Crippen LogP) is 2.35. The summed E-state index contributed by atoms with van der Waals surface area (Å²) in [6.07, 6.45) is 5.98. The Morgan fingerprint density at radius 1 is 1.08 bits per heavy atom. The number of carbonyl (C=O) groups excluding carboxylic acids is 2. The highest BCUT2D eigenvalue weighted by atomic mass is 32.2. The molecule has 36 heavy (non-hydrogen) atoms. The normalized spacial score (nSPS) is 21.2. The fourth-order valence-corrected chi connectivity index (χ4v) is 6.06. The van der Waals surface area contributed by atoms with Crippen LogP contribution in [-0.4, -0.2) is 56.6 Å². The number of nitrogens with zero attached hydrogens (tertiary/aromatic N) is 4. The van der Waals surface area contributed by atoms with E-state index in [0.717, 1.165) is 17.7 Å². The molecule has 0 aromatic carbocycles. The summed E-state index contributed by atoms with van der Waals surface area (Å²) in [5, 5.41) is 6.84. The number of aromatic nitrogens is 2. The number of imide groups is 1. The highest BCUT2D eigenvalue weighted by molar-refractivity contribution is 7.90. The van der Waals surface area contributed by atoms with Crippen LogP contribution in [0.15, 0.2) is 32.8 Å². The van der Waals surface area contributed by atoms with Gasteiger partial charge in [0.2, 0.25) is 10.0 Å². The van der Waals surface area contributed by atoms with E-state index < -0.39 is 32.8 Å². The van der Waals surface area contributed by atoms with Crippen molar-refractivity contribution in [2.24, 2.45) is 0 Å². The first-order valence-electron chi connectivity index (χ1n) is 11.7. The number of allylic oxidation sites excluding steroid dienone is 1. The number of carbonyl (C=O) groups is 2. The summed E-state index contributed by atoms with van der Waals surface area (Å²) in [4.78, 5) is 28.4. The fourth-order valence-electron chi connectivity index (χ4n) is 4.44. The molecule has 3 amide bonds. The van der Waals surface area contributed by atoms with E-state index in [2.05, 4.69) is 15.0 Å². The predicted molar refractivity (Wildman–Crippen MR) is 128 cm³/mol. The van der Waals surface area contributed by atoms with Gasteiger partial charge >= 0.3 is 11.9 Å². The van der Waals surface area contributed by atoms with E-state index in [9.17, 15) is 18.0 Å². The number of hydrogen-bond acceptors (Lipinski definition) is 8. The smallest absolute Gasteiger partial charge is 0.361 e. The Labute approximate surface area is 208 Å². The Kier molecular flexibility index (Phi) is 5.63. The van der Waals surface area contributed by atoms with Gasteiger partial charge in [-0.15, -0.1) is 0 Å². The molecule has 2 aromatic heterocycles. The van der Waals surface area contributed by atoms with Gasteiger partial charge in [0.05, 0.1) is 22.5 Å². The van der Waals surface area contributed by atoms with Gasteiger partial charge in [-0.25, -0.2) is 17.9 Å². The summed E-state index contributed by atoms with van der Waals surface area (Å²) in [6.45, 7) is 8.87. The molecule has 0 spiro atoms. The Bertz CT molecular complexity index is 1450. The van der Waals surface area contributed by atoms with Gasteiger partial charge in [0.1, 0.15) is 41.1 Å². The van der Waals surface area contributed by atoms with Crippen LogP contribution in [0.1, 0.15) is 53.8 Å². The second-order valence-corrected chi connectivity index (χ2v) is 11.7. The molecule has 1 N–H and O–H groups in total. The van der Waals surface area contributed by atoms with Gasteiger partial charge in [0, 0.05) is 5.54 Å². The van der Waals surface area contributed by atoms with E-state index in [1.54, 1.807) is 27.7 Å². The second kappa shape index (κ2) is 8.34. The number of hydrogen-bond donors (Lipinski definition) is 1. The van der Waals surface area contributed by atoms with Crippen LogP contribution in [0.2, 0.25) is 0 Å². The van der Waals surface area contributed by atoms with Gasteiger partial charge < -0.3 is 9.05 Å². The van der Waals surface area contributed by atoms with Crippen LogP contribution in [0.25, 0.3) is 0 Å². The average molecular weight is 515 g/mol. The third kappa shape index (κ3) is 4.13. The lowest BCUT2D eigenvalue weighted by Gasteiger charge is -2.26. The zero-order chi connectivity index (χ0) is 26.0.